The SMILES string of the molecule is COc1ccc(NC(=[NH+]c2ccc(OC)cc2)c2ccc([N+](=O)[O-])cc2)cc1.[Cl-]. The van der Waals surface area contributed by atoms with Crippen molar-refractivity contribution in [1.29, 1.82) is 0 Å². The van der Waals surface area contributed by atoms with Gasteiger partial charge in [0.15, 0.2) is 0 Å². The van der Waals surface area contributed by atoms with Gasteiger partial charge >= 0.3 is 0 Å². The van der Waals surface area contributed by atoms with E-state index in [1.807, 2.05) is 48.5 Å². The molecule has 29 heavy (non-hydrogen) atoms. The quantitative estimate of drug-likeness (QED) is 0.255. The third-order valence-electron chi connectivity index (χ3n) is 4.09. The van der Waals surface area contributed by atoms with Gasteiger partial charge in [-0.05, 0) is 60.7 Å². The molecule has 3 aromatic rings. The molecular weight excluding hydrogens is 394 g/mol. The highest BCUT2D eigenvalue weighted by Crippen LogP contribution is 2.17. The van der Waals surface area contributed by atoms with Gasteiger partial charge in [-0.3, -0.25) is 10.1 Å². The van der Waals surface area contributed by atoms with E-state index in [1.165, 1.54) is 12.1 Å². The van der Waals surface area contributed by atoms with Crippen molar-refractivity contribution in [3.63, 3.8) is 0 Å². The number of ether oxygens (including phenoxy) is 2. The summed E-state index contributed by atoms with van der Waals surface area (Å²) < 4.78 is 10.4. The molecule has 0 heterocycles. The van der Waals surface area contributed by atoms with Crippen LogP contribution in [0, 0.1) is 10.1 Å². The average Bonchev–Trinajstić information content (AvgIpc) is 2.74. The molecule has 150 valence electrons. The van der Waals surface area contributed by atoms with Crippen molar-refractivity contribution in [3.05, 3.63) is 88.5 Å². The number of hydrogen-bond donors (Lipinski definition) is 2. The summed E-state index contributed by atoms with van der Waals surface area (Å²) >= 11 is 0. The van der Waals surface area contributed by atoms with Crippen molar-refractivity contribution in [2.45, 2.75) is 0 Å². The van der Waals surface area contributed by atoms with Crippen molar-refractivity contribution < 1.29 is 31.8 Å². The fourth-order valence-electron chi connectivity index (χ4n) is 2.56. The van der Waals surface area contributed by atoms with Crippen LogP contribution in [0.15, 0.2) is 72.8 Å². The van der Waals surface area contributed by atoms with E-state index in [-0.39, 0.29) is 18.1 Å². The summed E-state index contributed by atoms with van der Waals surface area (Å²) in [5, 5.41) is 14.2. The molecule has 0 aliphatic heterocycles. The number of anilines is 1. The van der Waals surface area contributed by atoms with Crippen LogP contribution in [0.4, 0.5) is 17.1 Å². The molecule has 0 spiro atoms. The van der Waals surface area contributed by atoms with E-state index in [0.717, 1.165) is 28.4 Å². The van der Waals surface area contributed by atoms with Crippen LogP contribution in [0.1, 0.15) is 5.56 Å². The molecule has 0 aliphatic carbocycles. The van der Waals surface area contributed by atoms with E-state index in [0.29, 0.717) is 5.84 Å². The van der Waals surface area contributed by atoms with Crippen LogP contribution < -0.4 is 32.2 Å². The van der Waals surface area contributed by atoms with Crippen molar-refractivity contribution >= 4 is 22.9 Å². The number of non-ortho nitro benzene ring substituents is 1. The molecule has 2 N–H and O–H groups in total. The molecule has 0 unspecified atom stereocenters. The number of halogens is 1. The molecule has 0 fully saturated rings. The lowest BCUT2D eigenvalue weighted by molar-refractivity contribution is -0.384. The minimum atomic E-state index is -0.419. The first kappa shape index (κ1) is 21.7. The second-order valence-corrected chi connectivity index (χ2v) is 5.89. The number of hydrogen-bond acceptors (Lipinski definition) is 4. The van der Waals surface area contributed by atoms with E-state index < -0.39 is 4.92 Å². The summed E-state index contributed by atoms with van der Waals surface area (Å²) in [5.41, 5.74) is 2.50. The molecule has 0 radical (unpaired) electrons. The Morgan fingerprint density at radius 2 is 1.38 bits per heavy atom. The van der Waals surface area contributed by atoms with Gasteiger partial charge in [0.25, 0.3) is 11.5 Å². The molecule has 0 aliphatic rings. The van der Waals surface area contributed by atoms with E-state index >= 15 is 0 Å². The highest BCUT2D eigenvalue weighted by atomic mass is 35.5. The lowest BCUT2D eigenvalue weighted by atomic mass is 10.1. The number of nitrogens with zero attached hydrogens (tertiary/aromatic N) is 1. The van der Waals surface area contributed by atoms with E-state index in [2.05, 4.69) is 10.3 Å². The lowest BCUT2D eigenvalue weighted by Crippen LogP contribution is -3.00. The van der Waals surface area contributed by atoms with Crippen molar-refractivity contribution in [3.8, 4) is 11.5 Å². The number of nitro benzene ring substituents is 1. The molecule has 3 aromatic carbocycles. The van der Waals surface area contributed by atoms with Gasteiger partial charge in [0.2, 0.25) is 0 Å². The number of methoxy groups -OCH3 is 2. The summed E-state index contributed by atoms with van der Waals surface area (Å²) in [7, 11) is 3.23. The van der Waals surface area contributed by atoms with Gasteiger partial charge in [-0.1, -0.05) is 0 Å². The summed E-state index contributed by atoms with van der Waals surface area (Å²) in [6, 6.07) is 21.3. The maximum atomic E-state index is 10.9. The van der Waals surface area contributed by atoms with Crippen LogP contribution in [0.3, 0.4) is 0 Å². The molecule has 0 amide bonds. The molecular formula is C21H20ClN3O4. The Hall–Kier alpha value is -3.58. The van der Waals surface area contributed by atoms with Crippen LogP contribution in [-0.2, 0) is 0 Å². The third-order valence-corrected chi connectivity index (χ3v) is 4.09. The Morgan fingerprint density at radius 1 is 0.862 bits per heavy atom. The second kappa shape index (κ2) is 10.1. The van der Waals surface area contributed by atoms with Crippen molar-refractivity contribution in [2.24, 2.45) is 0 Å². The van der Waals surface area contributed by atoms with Crippen LogP contribution in [0.2, 0.25) is 0 Å². The number of nitro groups is 1. The molecule has 0 bridgehead atoms. The standard InChI is InChI=1S/C21H19N3O4.ClH/c1-27-19-11-5-16(6-12-19)22-21(15-3-9-18(10-4-15)24(25)26)23-17-7-13-20(28-2)14-8-17;/h3-14H,1-2H3,(H,22,23);1H. The first-order valence-corrected chi connectivity index (χ1v) is 8.53. The monoisotopic (exact) mass is 413 g/mol. The largest absolute Gasteiger partial charge is 1.00 e. The first-order valence-electron chi connectivity index (χ1n) is 8.53. The zero-order chi connectivity index (χ0) is 19.9. The maximum absolute atomic E-state index is 10.9. The van der Waals surface area contributed by atoms with Crippen LogP contribution >= 0.6 is 0 Å². The predicted molar refractivity (Wildman–Crippen MR) is 107 cm³/mol. The normalized spacial score (nSPS) is 10.6. The van der Waals surface area contributed by atoms with Crippen molar-refractivity contribution in [1.82, 2.24) is 0 Å². The molecule has 3 rings (SSSR count). The smallest absolute Gasteiger partial charge is 0.285 e. The summed E-state index contributed by atoms with van der Waals surface area (Å²) in [6.45, 7) is 0. The van der Waals surface area contributed by atoms with E-state index in [9.17, 15) is 10.1 Å². The van der Waals surface area contributed by atoms with Gasteiger partial charge < -0.3 is 21.9 Å². The van der Waals surface area contributed by atoms with Crippen LogP contribution in [-0.4, -0.2) is 25.0 Å². The summed E-state index contributed by atoms with van der Waals surface area (Å²) in [5.74, 6) is 2.20. The second-order valence-electron chi connectivity index (χ2n) is 5.89. The zero-order valence-corrected chi connectivity index (χ0v) is 16.6. The summed E-state index contributed by atoms with van der Waals surface area (Å²) in [4.78, 5) is 13.8. The number of benzene rings is 3. The van der Waals surface area contributed by atoms with Gasteiger partial charge in [0.05, 0.1) is 24.7 Å². The average molecular weight is 414 g/mol. The fraction of sp³-hybridized carbons (Fsp3) is 0.0952. The Bertz CT molecular complexity index is 972. The summed E-state index contributed by atoms with van der Waals surface area (Å²) in [6.07, 6.45) is 0. The van der Waals surface area contributed by atoms with E-state index in [1.54, 1.807) is 26.4 Å². The molecule has 0 saturated carbocycles. The highest BCUT2D eigenvalue weighted by Gasteiger charge is 2.14. The molecule has 7 nitrogen and oxygen atoms in total. The topological polar surface area (TPSA) is 87.6 Å². The molecule has 0 saturated heterocycles. The number of rotatable bonds is 6. The van der Waals surface area contributed by atoms with Crippen molar-refractivity contribution in [2.75, 3.05) is 19.5 Å². The fourth-order valence-corrected chi connectivity index (χ4v) is 2.56. The highest BCUT2D eigenvalue weighted by molar-refractivity contribution is 6.04. The minimum absolute atomic E-state index is 0. The molecule has 8 heteroatoms. The van der Waals surface area contributed by atoms with Gasteiger partial charge in [-0.2, -0.15) is 0 Å². The minimum Gasteiger partial charge on any atom is -1.00 e. The Morgan fingerprint density at radius 3 is 1.86 bits per heavy atom. The number of nitrogens with one attached hydrogen (secondary N) is 2. The Labute approximate surface area is 174 Å². The van der Waals surface area contributed by atoms with Gasteiger partial charge in [-0.25, -0.2) is 10.3 Å². The number of amidine groups is 1. The van der Waals surface area contributed by atoms with Gasteiger partial charge in [-0.15, -0.1) is 0 Å². The Kier molecular flexibility index (Phi) is 7.56. The van der Waals surface area contributed by atoms with Gasteiger partial charge in [0.1, 0.15) is 22.9 Å². The maximum Gasteiger partial charge on any atom is 0.285 e. The lowest BCUT2D eigenvalue weighted by Gasteiger charge is -2.06. The Balaban J connectivity index is 0.00000300. The van der Waals surface area contributed by atoms with E-state index in [4.69, 9.17) is 9.47 Å². The third kappa shape index (κ3) is 5.70. The molecule has 0 atom stereocenters. The zero-order valence-electron chi connectivity index (χ0n) is 15.9. The van der Waals surface area contributed by atoms with Gasteiger partial charge in [0, 0.05) is 12.1 Å². The van der Waals surface area contributed by atoms with Crippen LogP contribution in [0.5, 0.6) is 11.5 Å². The molecule has 0 aromatic heterocycles. The van der Waals surface area contributed by atoms with Crippen LogP contribution in [0.25, 0.3) is 0 Å². The predicted octanol–water partition coefficient (Wildman–Crippen LogP) is -0.113. The first-order chi connectivity index (χ1) is 13.6.